The molecule has 1 aromatic heterocycles. The normalized spacial score (nSPS) is 8.80. The van der Waals surface area contributed by atoms with Gasteiger partial charge in [0.1, 0.15) is 0 Å². The molecule has 4 heteroatoms. The Labute approximate surface area is 56.9 Å². The highest BCUT2D eigenvalue weighted by Crippen LogP contribution is 1.88. The molecule has 0 amide bonds. The van der Waals surface area contributed by atoms with Crippen molar-refractivity contribution in [3.05, 3.63) is 23.8 Å². The van der Waals surface area contributed by atoms with Gasteiger partial charge in [0.15, 0.2) is 18.4 Å². The summed E-state index contributed by atoms with van der Waals surface area (Å²) >= 11 is 0. The number of rotatable bonds is 2. The highest BCUT2D eigenvalue weighted by molar-refractivity contribution is 5.74. The lowest BCUT2D eigenvalue weighted by atomic mass is 10.4. The summed E-state index contributed by atoms with van der Waals surface area (Å²) in [6, 6.07) is 0. The Kier molecular flexibility index (Phi) is 1.84. The summed E-state index contributed by atoms with van der Waals surface area (Å²) < 4.78 is 0. The van der Waals surface area contributed by atoms with Crippen molar-refractivity contribution in [3.63, 3.8) is 0 Å². The standard InChI is InChI=1S/C6H4N2O2/c9-3-5-1-7-6(4-10)8-2-5/h1-4H. The minimum atomic E-state index is 0.0885. The Morgan fingerprint density at radius 2 is 1.70 bits per heavy atom. The van der Waals surface area contributed by atoms with E-state index in [1.807, 2.05) is 0 Å². The van der Waals surface area contributed by atoms with E-state index in [9.17, 15) is 9.59 Å². The Balaban J connectivity index is 3.00. The number of nitrogens with zero attached hydrogens (tertiary/aromatic N) is 2. The number of carbonyl (C=O) groups excluding carboxylic acids is 2. The van der Waals surface area contributed by atoms with Crippen LogP contribution >= 0.6 is 0 Å². The van der Waals surface area contributed by atoms with Crippen LogP contribution in [0.2, 0.25) is 0 Å². The fourth-order valence-corrected chi connectivity index (χ4v) is 0.470. The summed E-state index contributed by atoms with van der Waals surface area (Å²) in [5.41, 5.74) is 0.366. The Morgan fingerprint density at radius 3 is 2.10 bits per heavy atom. The molecule has 0 aliphatic rings. The van der Waals surface area contributed by atoms with Crippen molar-refractivity contribution in [2.75, 3.05) is 0 Å². The predicted molar refractivity (Wildman–Crippen MR) is 32.8 cm³/mol. The maximum Gasteiger partial charge on any atom is 0.192 e. The van der Waals surface area contributed by atoms with Crippen LogP contribution in [0.5, 0.6) is 0 Å². The van der Waals surface area contributed by atoms with Crippen molar-refractivity contribution < 1.29 is 9.59 Å². The highest BCUT2D eigenvalue weighted by Gasteiger charge is 1.92. The molecule has 1 aromatic rings. The van der Waals surface area contributed by atoms with E-state index in [0.29, 0.717) is 18.1 Å². The SMILES string of the molecule is O=Cc1cnc(C=O)nc1. The minimum absolute atomic E-state index is 0.0885. The van der Waals surface area contributed by atoms with Crippen molar-refractivity contribution in [1.82, 2.24) is 9.97 Å². The van der Waals surface area contributed by atoms with Crippen LogP contribution in [0.25, 0.3) is 0 Å². The smallest absolute Gasteiger partial charge is 0.192 e. The van der Waals surface area contributed by atoms with E-state index in [1.165, 1.54) is 12.4 Å². The van der Waals surface area contributed by atoms with Crippen LogP contribution in [-0.2, 0) is 0 Å². The summed E-state index contributed by atoms with van der Waals surface area (Å²) in [5.74, 6) is 0.0885. The third-order valence-electron chi connectivity index (χ3n) is 0.933. The third kappa shape index (κ3) is 1.22. The molecular weight excluding hydrogens is 132 g/mol. The van der Waals surface area contributed by atoms with E-state index >= 15 is 0 Å². The Bertz CT molecular complexity index is 215. The molecule has 0 aliphatic carbocycles. The zero-order valence-electron chi connectivity index (χ0n) is 5.02. The van der Waals surface area contributed by atoms with Crippen LogP contribution in [0.3, 0.4) is 0 Å². The maximum atomic E-state index is 10.0. The topological polar surface area (TPSA) is 59.9 Å². The molecule has 50 valence electrons. The Morgan fingerprint density at radius 1 is 1.10 bits per heavy atom. The molecule has 0 saturated heterocycles. The molecule has 0 atom stereocenters. The summed E-state index contributed by atoms with van der Waals surface area (Å²) in [7, 11) is 0. The van der Waals surface area contributed by atoms with Gasteiger partial charge in [-0.3, -0.25) is 9.59 Å². The molecular formula is C6H4N2O2. The van der Waals surface area contributed by atoms with E-state index in [-0.39, 0.29) is 5.82 Å². The zero-order valence-corrected chi connectivity index (χ0v) is 5.02. The Hall–Kier alpha value is -1.58. The number of hydrogen-bond donors (Lipinski definition) is 0. The fourth-order valence-electron chi connectivity index (χ4n) is 0.470. The molecule has 0 radical (unpaired) electrons. The molecule has 0 bridgehead atoms. The molecule has 0 saturated carbocycles. The second kappa shape index (κ2) is 2.82. The van der Waals surface area contributed by atoms with Gasteiger partial charge in [0, 0.05) is 12.4 Å². The van der Waals surface area contributed by atoms with Crippen molar-refractivity contribution >= 4 is 12.6 Å². The van der Waals surface area contributed by atoms with Gasteiger partial charge in [0.25, 0.3) is 0 Å². The first-order valence-corrected chi connectivity index (χ1v) is 2.59. The fraction of sp³-hybridized carbons (Fsp3) is 0. The van der Waals surface area contributed by atoms with Crippen LogP contribution in [0.4, 0.5) is 0 Å². The number of aromatic nitrogens is 2. The lowest BCUT2D eigenvalue weighted by Gasteiger charge is -1.87. The zero-order chi connectivity index (χ0) is 7.40. The molecule has 4 nitrogen and oxygen atoms in total. The van der Waals surface area contributed by atoms with E-state index in [0.717, 1.165) is 0 Å². The van der Waals surface area contributed by atoms with Crippen molar-refractivity contribution in [2.24, 2.45) is 0 Å². The van der Waals surface area contributed by atoms with Gasteiger partial charge in [0.2, 0.25) is 0 Å². The molecule has 0 N–H and O–H groups in total. The van der Waals surface area contributed by atoms with Gasteiger partial charge in [-0.15, -0.1) is 0 Å². The van der Waals surface area contributed by atoms with Gasteiger partial charge < -0.3 is 0 Å². The van der Waals surface area contributed by atoms with Gasteiger partial charge in [-0.2, -0.15) is 0 Å². The number of aldehydes is 2. The average molecular weight is 136 g/mol. The molecule has 1 heterocycles. The number of carbonyl (C=O) groups is 2. The van der Waals surface area contributed by atoms with E-state index < -0.39 is 0 Å². The lowest BCUT2D eigenvalue weighted by Crippen LogP contribution is -1.92. The monoisotopic (exact) mass is 136 g/mol. The minimum Gasteiger partial charge on any atom is -0.298 e. The first-order chi connectivity index (χ1) is 4.86. The quantitative estimate of drug-likeness (QED) is 0.541. The van der Waals surface area contributed by atoms with Crippen molar-refractivity contribution in [1.29, 1.82) is 0 Å². The van der Waals surface area contributed by atoms with Gasteiger partial charge in [-0.25, -0.2) is 9.97 Å². The average Bonchev–Trinajstić information content (AvgIpc) is 2.05. The van der Waals surface area contributed by atoms with Crippen LogP contribution in [0.15, 0.2) is 12.4 Å². The van der Waals surface area contributed by atoms with Crippen molar-refractivity contribution in [3.8, 4) is 0 Å². The summed E-state index contributed by atoms with van der Waals surface area (Å²) in [6.07, 6.45) is 3.73. The summed E-state index contributed by atoms with van der Waals surface area (Å²) in [5, 5.41) is 0. The van der Waals surface area contributed by atoms with Crippen LogP contribution in [-0.4, -0.2) is 22.5 Å². The maximum absolute atomic E-state index is 10.0. The highest BCUT2D eigenvalue weighted by atomic mass is 16.1. The second-order valence-electron chi connectivity index (χ2n) is 1.61. The van der Waals surface area contributed by atoms with Crippen molar-refractivity contribution in [2.45, 2.75) is 0 Å². The first kappa shape index (κ1) is 6.54. The van der Waals surface area contributed by atoms with E-state index in [4.69, 9.17) is 0 Å². The van der Waals surface area contributed by atoms with Gasteiger partial charge in [-0.05, 0) is 0 Å². The van der Waals surface area contributed by atoms with Gasteiger partial charge in [0.05, 0.1) is 5.56 Å². The van der Waals surface area contributed by atoms with Gasteiger partial charge >= 0.3 is 0 Å². The second-order valence-corrected chi connectivity index (χ2v) is 1.61. The number of hydrogen-bond acceptors (Lipinski definition) is 4. The molecule has 0 aliphatic heterocycles. The first-order valence-electron chi connectivity index (χ1n) is 2.59. The molecule has 1 rings (SSSR count). The molecule has 0 aromatic carbocycles. The van der Waals surface area contributed by atoms with Crippen LogP contribution < -0.4 is 0 Å². The molecule has 0 fully saturated rings. The third-order valence-corrected chi connectivity index (χ3v) is 0.933. The van der Waals surface area contributed by atoms with E-state index in [2.05, 4.69) is 9.97 Å². The molecule has 0 spiro atoms. The van der Waals surface area contributed by atoms with Crippen LogP contribution in [0.1, 0.15) is 21.0 Å². The van der Waals surface area contributed by atoms with Gasteiger partial charge in [-0.1, -0.05) is 0 Å². The molecule has 0 unspecified atom stereocenters. The largest absolute Gasteiger partial charge is 0.298 e. The molecule has 10 heavy (non-hydrogen) atoms. The predicted octanol–water partition coefficient (Wildman–Crippen LogP) is 0.102. The lowest BCUT2D eigenvalue weighted by molar-refractivity contribution is 0.110. The van der Waals surface area contributed by atoms with E-state index in [1.54, 1.807) is 0 Å². The summed E-state index contributed by atoms with van der Waals surface area (Å²) in [6.45, 7) is 0. The van der Waals surface area contributed by atoms with Crippen LogP contribution in [0, 0.1) is 0 Å². The summed E-state index contributed by atoms with van der Waals surface area (Å²) in [4.78, 5) is 27.1.